The minimum Gasteiger partial charge on any atom is -0.495 e. The average molecular weight is 306 g/mol. The molecule has 0 aromatic carbocycles. The van der Waals surface area contributed by atoms with E-state index in [9.17, 15) is 4.79 Å². The van der Waals surface area contributed by atoms with Gasteiger partial charge in [-0.05, 0) is 37.3 Å². The minimum atomic E-state index is -0.261. The largest absolute Gasteiger partial charge is 0.495 e. The highest BCUT2D eigenvalue weighted by molar-refractivity contribution is 5.74. The van der Waals surface area contributed by atoms with Crippen molar-refractivity contribution in [2.45, 2.75) is 19.3 Å². The standard InChI is InChI=1S/C17H14N4O2/c1-23-12-7-14-16(19-9-12)21-15(17(22)20-14)11-6-10-4-2-3-5-13(10)18-8-11/h6-9H,2,4-5H2,1H3,(H,20,22). The molecular weight excluding hydrogens is 292 g/mol. The van der Waals surface area contributed by atoms with Crippen LogP contribution in [0.4, 0.5) is 0 Å². The SMILES string of the molecule is COc1cnc2nc(-c3cnc4c(c3)CC[C]C4)c(=O)[nH]c2c1. The molecule has 0 atom stereocenters. The zero-order chi connectivity index (χ0) is 15.8. The summed E-state index contributed by atoms with van der Waals surface area (Å²) in [5.41, 5.74) is 4.00. The van der Waals surface area contributed by atoms with Crippen molar-refractivity contribution in [3.05, 3.63) is 52.6 Å². The van der Waals surface area contributed by atoms with E-state index in [0.29, 0.717) is 28.2 Å². The third-order valence-corrected chi connectivity index (χ3v) is 3.96. The van der Waals surface area contributed by atoms with Gasteiger partial charge in [-0.3, -0.25) is 9.78 Å². The summed E-state index contributed by atoms with van der Waals surface area (Å²) in [4.78, 5) is 28.3. The van der Waals surface area contributed by atoms with Gasteiger partial charge in [0, 0.05) is 23.5 Å². The van der Waals surface area contributed by atoms with Crippen molar-refractivity contribution in [2.75, 3.05) is 7.11 Å². The molecule has 0 saturated carbocycles. The van der Waals surface area contributed by atoms with Crippen molar-refractivity contribution < 1.29 is 4.74 Å². The van der Waals surface area contributed by atoms with Gasteiger partial charge in [0.25, 0.3) is 5.56 Å². The Hall–Kier alpha value is -2.76. The Labute approximate surface area is 132 Å². The fourth-order valence-electron chi connectivity index (χ4n) is 2.74. The average Bonchev–Trinajstić information content (AvgIpc) is 2.60. The van der Waals surface area contributed by atoms with Crippen LogP contribution in [-0.4, -0.2) is 27.0 Å². The van der Waals surface area contributed by atoms with Crippen molar-refractivity contribution in [2.24, 2.45) is 0 Å². The van der Waals surface area contributed by atoms with Crippen LogP contribution >= 0.6 is 0 Å². The monoisotopic (exact) mass is 306 g/mol. The molecule has 4 rings (SSSR count). The number of hydrogen-bond donors (Lipinski definition) is 1. The molecule has 0 unspecified atom stereocenters. The highest BCUT2D eigenvalue weighted by Crippen LogP contribution is 2.23. The molecule has 6 nitrogen and oxygen atoms in total. The second-order valence-corrected chi connectivity index (χ2v) is 5.42. The number of aromatic amines is 1. The van der Waals surface area contributed by atoms with Crippen LogP contribution in [0, 0.1) is 6.42 Å². The molecule has 0 amide bonds. The fourth-order valence-corrected chi connectivity index (χ4v) is 2.74. The Morgan fingerprint density at radius 2 is 2.17 bits per heavy atom. The second kappa shape index (κ2) is 5.46. The van der Waals surface area contributed by atoms with Crippen molar-refractivity contribution in [3.8, 4) is 17.0 Å². The second-order valence-electron chi connectivity index (χ2n) is 5.42. The van der Waals surface area contributed by atoms with Gasteiger partial charge in [-0.1, -0.05) is 0 Å². The summed E-state index contributed by atoms with van der Waals surface area (Å²) in [6.07, 6.45) is 9.13. The number of nitrogens with zero attached hydrogens (tertiary/aromatic N) is 3. The number of ether oxygens (including phenoxy) is 1. The molecule has 3 heterocycles. The number of nitrogens with one attached hydrogen (secondary N) is 1. The summed E-state index contributed by atoms with van der Waals surface area (Å²) in [6, 6.07) is 3.70. The first-order valence-corrected chi connectivity index (χ1v) is 7.37. The van der Waals surface area contributed by atoms with E-state index in [1.165, 1.54) is 0 Å². The van der Waals surface area contributed by atoms with Crippen LogP contribution in [0.25, 0.3) is 22.4 Å². The van der Waals surface area contributed by atoms with E-state index >= 15 is 0 Å². The molecule has 1 N–H and O–H groups in total. The maximum Gasteiger partial charge on any atom is 0.275 e. The van der Waals surface area contributed by atoms with E-state index in [1.54, 1.807) is 25.6 Å². The Morgan fingerprint density at radius 1 is 1.26 bits per heavy atom. The lowest BCUT2D eigenvalue weighted by atomic mass is 9.94. The molecule has 3 aromatic heterocycles. The van der Waals surface area contributed by atoms with Crippen molar-refractivity contribution in [1.29, 1.82) is 0 Å². The smallest absolute Gasteiger partial charge is 0.275 e. The number of aromatic nitrogens is 4. The van der Waals surface area contributed by atoms with E-state index in [-0.39, 0.29) is 5.56 Å². The van der Waals surface area contributed by atoms with Gasteiger partial charge in [-0.25, -0.2) is 9.97 Å². The lowest BCUT2D eigenvalue weighted by Crippen LogP contribution is -2.13. The lowest BCUT2D eigenvalue weighted by molar-refractivity contribution is 0.413. The number of H-pyrrole nitrogens is 1. The van der Waals surface area contributed by atoms with Gasteiger partial charge in [0.05, 0.1) is 18.8 Å². The van der Waals surface area contributed by atoms with Crippen LogP contribution in [0.2, 0.25) is 0 Å². The van der Waals surface area contributed by atoms with Gasteiger partial charge in [-0.2, -0.15) is 0 Å². The highest BCUT2D eigenvalue weighted by Gasteiger charge is 2.15. The van der Waals surface area contributed by atoms with E-state index < -0.39 is 0 Å². The molecule has 0 spiro atoms. The molecule has 0 bridgehead atoms. The first-order valence-electron chi connectivity index (χ1n) is 7.37. The molecule has 23 heavy (non-hydrogen) atoms. The van der Waals surface area contributed by atoms with Crippen LogP contribution in [0.3, 0.4) is 0 Å². The summed E-state index contributed by atoms with van der Waals surface area (Å²) in [5, 5.41) is 0. The number of hydrogen-bond acceptors (Lipinski definition) is 5. The first kappa shape index (κ1) is 13.9. The normalized spacial score (nSPS) is 13.8. The molecular formula is C17H14N4O2. The molecule has 1 aliphatic rings. The summed E-state index contributed by atoms with van der Waals surface area (Å²) in [7, 11) is 1.55. The van der Waals surface area contributed by atoms with Gasteiger partial charge in [0.15, 0.2) is 5.65 Å². The van der Waals surface area contributed by atoms with E-state index in [0.717, 1.165) is 30.5 Å². The number of rotatable bonds is 2. The van der Waals surface area contributed by atoms with Gasteiger partial charge in [0.2, 0.25) is 0 Å². The maximum absolute atomic E-state index is 12.4. The van der Waals surface area contributed by atoms with Crippen LogP contribution in [0.15, 0.2) is 29.3 Å². The summed E-state index contributed by atoms with van der Waals surface area (Å²) < 4.78 is 5.11. The third-order valence-electron chi connectivity index (χ3n) is 3.96. The minimum absolute atomic E-state index is 0.261. The number of aryl methyl sites for hydroxylation is 1. The topological polar surface area (TPSA) is 80.8 Å². The summed E-state index contributed by atoms with van der Waals surface area (Å²) in [6.45, 7) is 0. The quantitative estimate of drug-likeness (QED) is 0.782. The summed E-state index contributed by atoms with van der Waals surface area (Å²) in [5.74, 6) is 0.575. The zero-order valence-electron chi connectivity index (χ0n) is 12.6. The first-order chi connectivity index (χ1) is 11.2. The van der Waals surface area contributed by atoms with Gasteiger partial charge in [0.1, 0.15) is 11.4 Å². The van der Waals surface area contributed by atoms with Crippen LogP contribution < -0.4 is 10.3 Å². The molecule has 0 aliphatic heterocycles. The molecule has 114 valence electrons. The third kappa shape index (κ3) is 2.46. The van der Waals surface area contributed by atoms with E-state index in [1.807, 2.05) is 6.07 Å². The van der Waals surface area contributed by atoms with Crippen molar-refractivity contribution in [3.63, 3.8) is 0 Å². The van der Waals surface area contributed by atoms with Gasteiger partial charge >= 0.3 is 0 Å². The summed E-state index contributed by atoms with van der Waals surface area (Å²) >= 11 is 0. The van der Waals surface area contributed by atoms with Crippen LogP contribution in [0.1, 0.15) is 17.7 Å². The molecule has 3 aromatic rings. The van der Waals surface area contributed by atoms with Crippen molar-refractivity contribution in [1.82, 2.24) is 19.9 Å². The van der Waals surface area contributed by atoms with E-state index in [2.05, 4.69) is 26.4 Å². The molecule has 6 heteroatoms. The molecule has 0 saturated heterocycles. The number of fused-ring (bicyclic) bond motifs is 2. The van der Waals surface area contributed by atoms with Crippen LogP contribution in [0.5, 0.6) is 5.75 Å². The van der Waals surface area contributed by atoms with E-state index in [4.69, 9.17) is 4.74 Å². The Balaban J connectivity index is 1.85. The number of pyridine rings is 2. The molecule has 2 radical (unpaired) electrons. The highest BCUT2D eigenvalue weighted by atomic mass is 16.5. The van der Waals surface area contributed by atoms with Gasteiger partial charge in [-0.15, -0.1) is 0 Å². The number of methoxy groups -OCH3 is 1. The lowest BCUT2D eigenvalue weighted by Gasteiger charge is -2.14. The predicted molar refractivity (Wildman–Crippen MR) is 85.2 cm³/mol. The Morgan fingerprint density at radius 3 is 3.04 bits per heavy atom. The zero-order valence-corrected chi connectivity index (χ0v) is 12.6. The van der Waals surface area contributed by atoms with Crippen LogP contribution in [-0.2, 0) is 12.8 Å². The van der Waals surface area contributed by atoms with Crippen molar-refractivity contribution >= 4 is 11.2 Å². The predicted octanol–water partition coefficient (Wildman–Crippen LogP) is 1.96. The maximum atomic E-state index is 12.4. The molecule has 0 fully saturated rings. The Bertz CT molecular complexity index is 949. The molecule has 1 aliphatic carbocycles. The Kier molecular flexibility index (Phi) is 3.29. The van der Waals surface area contributed by atoms with Gasteiger partial charge < -0.3 is 9.72 Å². The fraction of sp³-hybridized carbons (Fsp3) is 0.235.